The van der Waals surface area contributed by atoms with Crippen molar-refractivity contribution in [1.29, 1.82) is 0 Å². The van der Waals surface area contributed by atoms with Gasteiger partial charge in [0.15, 0.2) is 17.1 Å². The van der Waals surface area contributed by atoms with Gasteiger partial charge in [0, 0.05) is 0 Å². The molecule has 0 saturated heterocycles. The van der Waals surface area contributed by atoms with E-state index in [1.165, 1.54) is 17.8 Å². The van der Waals surface area contributed by atoms with Crippen molar-refractivity contribution in [2.75, 3.05) is 12.4 Å². The van der Waals surface area contributed by atoms with Gasteiger partial charge >= 0.3 is 0 Å². The number of hydrogen-bond acceptors (Lipinski definition) is 5. The summed E-state index contributed by atoms with van der Waals surface area (Å²) in [5.41, 5.74) is 2.30. The summed E-state index contributed by atoms with van der Waals surface area (Å²) in [6, 6.07) is 22.6. The van der Waals surface area contributed by atoms with Crippen LogP contribution in [0, 0.1) is 5.82 Å². The van der Waals surface area contributed by atoms with Gasteiger partial charge in [-0.1, -0.05) is 66.4 Å². The number of ether oxygens (including phenoxy) is 1. The third kappa shape index (κ3) is 4.99. The van der Waals surface area contributed by atoms with E-state index < -0.39 is 11.9 Å². The van der Waals surface area contributed by atoms with Gasteiger partial charge in [0.1, 0.15) is 12.1 Å². The Kier molecular flexibility index (Phi) is 6.29. The van der Waals surface area contributed by atoms with Gasteiger partial charge in [-0.3, -0.25) is 4.79 Å². The van der Waals surface area contributed by atoms with Crippen molar-refractivity contribution < 1.29 is 18.3 Å². The highest BCUT2D eigenvalue weighted by Gasteiger charge is 2.17. The monoisotopic (exact) mass is 422 g/mol. The third-order valence-corrected chi connectivity index (χ3v) is 5.21. The summed E-state index contributed by atoms with van der Waals surface area (Å²) in [7, 11) is 0. The van der Waals surface area contributed by atoms with Crippen molar-refractivity contribution in [3.05, 3.63) is 90.2 Å². The maximum absolute atomic E-state index is 13.9. The molecule has 1 atom stereocenters. The van der Waals surface area contributed by atoms with Crippen LogP contribution >= 0.6 is 11.8 Å². The van der Waals surface area contributed by atoms with Gasteiger partial charge < -0.3 is 14.5 Å². The number of carbonyl (C=O) groups excluding carboxylic acids is 1. The summed E-state index contributed by atoms with van der Waals surface area (Å²) in [6.07, 6.45) is 0. The third-order valence-electron chi connectivity index (χ3n) is 4.38. The summed E-state index contributed by atoms with van der Waals surface area (Å²) >= 11 is 1.22. The van der Waals surface area contributed by atoms with E-state index in [-0.39, 0.29) is 24.0 Å². The van der Waals surface area contributed by atoms with E-state index in [0.29, 0.717) is 10.8 Å². The SMILES string of the molecule is O=C(CSc1nc2ccccc2o1)NC(COc1ccccc1F)c1ccccc1. The van der Waals surface area contributed by atoms with E-state index in [4.69, 9.17) is 9.15 Å². The van der Waals surface area contributed by atoms with Crippen LogP contribution in [0.2, 0.25) is 0 Å². The summed E-state index contributed by atoms with van der Waals surface area (Å²) in [6.45, 7) is 0.101. The number of rotatable bonds is 8. The average molecular weight is 422 g/mol. The number of amides is 1. The number of nitrogens with one attached hydrogen (secondary N) is 1. The number of carbonyl (C=O) groups is 1. The predicted molar refractivity (Wildman–Crippen MR) is 114 cm³/mol. The summed E-state index contributed by atoms with van der Waals surface area (Å²) in [4.78, 5) is 16.9. The molecule has 1 heterocycles. The number of para-hydroxylation sites is 3. The van der Waals surface area contributed by atoms with Crippen LogP contribution in [0.1, 0.15) is 11.6 Å². The Morgan fingerprint density at radius 3 is 2.57 bits per heavy atom. The van der Waals surface area contributed by atoms with Gasteiger partial charge in [0.25, 0.3) is 5.22 Å². The minimum atomic E-state index is -0.442. The number of halogens is 1. The molecule has 1 N–H and O–H groups in total. The highest BCUT2D eigenvalue weighted by molar-refractivity contribution is 7.99. The fraction of sp³-hybridized carbons (Fsp3) is 0.130. The van der Waals surface area contributed by atoms with Gasteiger partial charge in [-0.15, -0.1) is 0 Å². The van der Waals surface area contributed by atoms with Gasteiger partial charge in [-0.25, -0.2) is 9.37 Å². The number of thioether (sulfide) groups is 1. The second-order valence-electron chi connectivity index (χ2n) is 6.51. The van der Waals surface area contributed by atoms with E-state index in [1.807, 2.05) is 54.6 Å². The van der Waals surface area contributed by atoms with Crippen LogP contribution < -0.4 is 10.1 Å². The second kappa shape index (κ2) is 9.45. The van der Waals surface area contributed by atoms with Crippen LogP contribution in [0.5, 0.6) is 5.75 Å². The predicted octanol–water partition coefficient (Wildman–Crippen LogP) is 5.00. The minimum absolute atomic E-state index is 0.101. The van der Waals surface area contributed by atoms with Crippen LogP contribution in [0.4, 0.5) is 4.39 Å². The van der Waals surface area contributed by atoms with E-state index >= 15 is 0 Å². The Bertz CT molecular complexity index is 1100. The summed E-state index contributed by atoms with van der Waals surface area (Å²) in [5, 5.41) is 3.39. The number of fused-ring (bicyclic) bond motifs is 1. The molecule has 0 bridgehead atoms. The van der Waals surface area contributed by atoms with Crippen molar-refractivity contribution in [3.8, 4) is 5.75 Å². The second-order valence-corrected chi connectivity index (χ2v) is 7.43. The van der Waals surface area contributed by atoms with Gasteiger partial charge in [-0.2, -0.15) is 0 Å². The lowest BCUT2D eigenvalue weighted by molar-refractivity contribution is -0.119. The molecule has 152 valence electrons. The fourth-order valence-corrected chi connectivity index (χ4v) is 3.57. The number of benzene rings is 3. The molecule has 0 aliphatic heterocycles. The van der Waals surface area contributed by atoms with Crippen LogP contribution in [-0.4, -0.2) is 23.3 Å². The van der Waals surface area contributed by atoms with Crippen molar-refractivity contribution in [2.45, 2.75) is 11.3 Å². The van der Waals surface area contributed by atoms with E-state index in [0.717, 1.165) is 11.1 Å². The molecule has 0 spiro atoms. The lowest BCUT2D eigenvalue weighted by Crippen LogP contribution is -2.33. The summed E-state index contributed by atoms with van der Waals surface area (Å²) < 4.78 is 25.1. The van der Waals surface area contributed by atoms with E-state index in [1.54, 1.807) is 18.2 Å². The molecule has 7 heteroatoms. The van der Waals surface area contributed by atoms with Crippen molar-refractivity contribution in [2.24, 2.45) is 0 Å². The van der Waals surface area contributed by atoms with E-state index in [9.17, 15) is 9.18 Å². The molecule has 0 fully saturated rings. The lowest BCUT2D eigenvalue weighted by Gasteiger charge is -2.20. The molecule has 30 heavy (non-hydrogen) atoms. The Labute approximate surface area is 177 Å². The van der Waals surface area contributed by atoms with E-state index in [2.05, 4.69) is 10.3 Å². The zero-order chi connectivity index (χ0) is 20.8. The fourth-order valence-electron chi connectivity index (χ4n) is 2.92. The highest BCUT2D eigenvalue weighted by Crippen LogP contribution is 2.24. The molecule has 1 amide bonds. The molecule has 1 unspecified atom stereocenters. The first-order valence-electron chi connectivity index (χ1n) is 9.39. The molecule has 0 aliphatic carbocycles. The normalized spacial score (nSPS) is 11.9. The number of nitrogens with zero attached hydrogens (tertiary/aromatic N) is 1. The summed E-state index contributed by atoms with van der Waals surface area (Å²) in [5.74, 6) is -0.362. The van der Waals surface area contributed by atoms with Crippen molar-refractivity contribution >= 4 is 28.8 Å². The van der Waals surface area contributed by atoms with Gasteiger partial charge in [0.05, 0.1) is 11.8 Å². The molecule has 3 aromatic carbocycles. The smallest absolute Gasteiger partial charge is 0.257 e. The Balaban J connectivity index is 1.40. The molecule has 0 aliphatic rings. The highest BCUT2D eigenvalue weighted by atomic mass is 32.2. The maximum Gasteiger partial charge on any atom is 0.257 e. The quantitative estimate of drug-likeness (QED) is 0.405. The van der Waals surface area contributed by atoms with Crippen LogP contribution in [0.25, 0.3) is 11.1 Å². The van der Waals surface area contributed by atoms with Crippen LogP contribution in [0.3, 0.4) is 0 Å². The molecular formula is C23H19FN2O3S. The number of oxazole rings is 1. The molecule has 1 aromatic heterocycles. The molecule has 4 rings (SSSR count). The van der Waals surface area contributed by atoms with Crippen LogP contribution in [0.15, 0.2) is 88.5 Å². The maximum atomic E-state index is 13.9. The molecule has 5 nitrogen and oxygen atoms in total. The Hall–Kier alpha value is -3.32. The average Bonchev–Trinajstić information content (AvgIpc) is 3.20. The van der Waals surface area contributed by atoms with Crippen molar-refractivity contribution in [3.63, 3.8) is 0 Å². The zero-order valence-electron chi connectivity index (χ0n) is 16.0. The standard InChI is InChI=1S/C23H19FN2O3S/c24-17-10-4-6-12-20(17)28-14-19(16-8-2-1-3-9-16)25-22(27)15-30-23-26-18-11-5-7-13-21(18)29-23/h1-13,19H,14-15H2,(H,25,27). The Morgan fingerprint density at radius 2 is 1.77 bits per heavy atom. The molecule has 0 saturated carbocycles. The molecule has 4 aromatic rings. The zero-order valence-corrected chi connectivity index (χ0v) is 16.8. The first-order valence-corrected chi connectivity index (χ1v) is 10.4. The minimum Gasteiger partial charge on any atom is -0.488 e. The van der Waals surface area contributed by atoms with Gasteiger partial charge in [0.2, 0.25) is 5.91 Å². The Morgan fingerprint density at radius 1 is 1.03 bits per heavy atom. The largest absolute Gasteiger partial charge is 0.488 e. The van der Waals surface area contributed by atoms with Crippen LogP contribution in [-0.2, 0) is 4.79 Å². The first-order chi connectivity index (χ1) is 14.7. The number of aromatic nitrogens is 1. The topological polar surface area (TPSA) is 64.4 Å². The lowest BCUT2D eigenvalue weighted by atomic mass is 10.1. The molecule has 0 radical (unpaired) electrons. The first kappa shape index (κ1) is 20.0. The molecular weight excluding hydrogens is 403 g/mol. The number of hydrogen-bond donors (Lipinski definition) is 1. The van der Waals surface area contributed by atoms with Crippen molar-refractivity contribution in [1.82, 2.24) is 10.3 Å². The van der Waals surface area contributed by atoms with Gasteiger partial charge in [-0.05, 0) is 29.8 Å².